The Kier molecular flexibility index (Phi) is 10.4. The third-order valence-electron chi connectivity index (χ3n) is 5.74. The highest BCUT2D eigenvalue weighted by molar-refractivity contribution is 6.74. The van der Waals surface area contributed by atoms with Crippen LogP contribution in [0, 0.1) is 0 Å². The molecule has 1 aliphatic heterocycles. The maximum atomic E-state index is 12.6. The lowest BCUT2D eigenvalue weighted by Gasteiger charge is -2.38. The Morgan fingerprint density at radius 3 is 2.44 bits per heavy atom. The molecule has 3 atom stereocenters. The Bertz CT molecular complexity index is 692. The molecule has 0 aromatic heterocycles. The number of nitrogens with zero attached hydrogens (tertiary/aromatic N) is 1. The first-order valence-electron chi connectivity index (χ1n) is 10.9. The first kappa shape index (κ1) is 27.7. The van der Waals surface area contributed by atoms with Gasteiger partial charge in [0.25, 0.3) is 0 Å². The number of hydrogen-bond acceptors (Lipinski definition) is 6. The number of hydrogen-bond donors (Lipinski definition) is 2. The van der Waals surface area contributed by atoms with Gasteiger partial charge in [-0.15, -0.1) is 0 Å². The van der Waals surface area contributed by atoms with Crippen molar-refractivity contribution >= 4 is 26.4 Å². The highest BCUT2D eigenvalue weighted by Crippen LogP contribution is 2.39. The van der Waals surface area contributed by atoms with Gasteiger partial charge in [0.15, 0.2) is 14.5 Å². The van der Waals surface area contributed by atoms with Gasteiger partial charge in [-0.25, -0.2) is 9.59 Å². The molecule has 0 aliphatic carbocycles. The van der Waals surface area contributed by atoms with Crippen LogP contribution >= 0.6 is 0 Å². The molecule has 3 amide bonds. The smallest absolute Gasteiger partial charge is 0.410 e. The van der Waals surface area contributed by atoms with Gasteiger partial charge < -0.3 is 29.4 Å². The van der Waals surface area contributed by atoms with E-state index in [2.05, 4.69) is 57.7 Å². The number of rotatable bonds is 10. The van der Waals surface area contributed by atoms with Crippen LogP contribution in [0.1, 0.15) is 40.5 Å². The second-order valence-corrected chi connectivity index (χ2v) is 14.1. The molecule has 1 heterocycles. The van der Waals surface area contributed by atoms with Gasteiger partial charge in [-0.2, -0.15) is 0 Å². The molecule has 1 aliphatic rings. The Labute approximate surface area is 192 Å². The van der Waals surface area contributed by atoms with Gasteiger partial charge >= 0.3 is 12.2 Å². The number of likely N-dealkylation sites (tertiary alicyclic amines) is 1. The zero-order chi connectivity index (χ0) is 24.5. The first-order chi connectivity index (χ1) is 14.8. The van der Waals surface area contributed by atoms with Crippen molar-refractivity contribution in [1.29, 1.82) is 0 Å². The average molecular weight is 470 g/mol. The van der Waals surface area contributed by atoms with Crippen LogP contribution in [0.15, 0.2) is 25.3 Å². The molecule has 2 N–H and O–H groups in total. The fourth-order valence-corrected chi connectivity index (χ4v) is 4.46. The minimum atomic E-state index is -2.00. The van der Waals surface area contributed by atoms with Gasteiger partial charge in [0, 0.05) is 26.1 Å². The van der Waals surface area contributed by atoms with Crippen molar-refractivity contribution in [2.75, 3.05) is 19.7 Å². The van der Waals surface area contributed by atoms with E-state index in [-0.39, 0.29) is 36.2 Å². The molecule has 0 radical (unpaired) electrons. The number of alkyl carbamates (subject to hydrolysis) is 1. The zero-order valence-corrected chi connectivity index (χ0v) is 21.2. The summed E-state index contributed by atoms with van der Waals surface area (Å²) in [7, 11) is -2.00. The summed E-state index contributed by atoms with van der Waals surface area (Å²) in [4.78, 5) is 37.4. The normalized spacial score (nSPS) is 19.6. The molecular weight excluding hydrogens is 430 g/mol. The van der Waals surface area contributed by atoms with Crippen molar-refractivity contribution in [3.8, 4) is 0 Å². The number of ether oxygens (including phenoxy) is 2. The fraction of sp³-hybridized carbons (Fsp3) is 0.682. The molecule has 1 unspecified atom stereocenters. The number of nitrogens with one attached hydrogen (secondary N) is 2. The van der Waals surface area contributed by atoms with Gasteiger partial charge in [-0.05, 0) is 37.0 Å². The van der Waals surface area contributed by atoms with E-state index in [0.29, 0.717) is 19.4 Å². The third kappa shape index (κ3) is 8.66. The second-order valence-electron chi connectivity index (χ2n) is 9.39. The van der Waals surface area contributed by atoms with Crippen LogP contribution < -0.4 is 10.6 Å². The molecule has 1 saturated heterocycles. The molecule has 1 fully saturated rings. The summed E-state index contributed by atoms with van der Waals surface area (Å²) < 4.78 is 16.9. The second kappa shape index (κ2) is 12.1. The van der Waals surface area contributed by atoms with Gasteiger partial charge in [0.05, 0.1) is 6.10 Å². The zero-order valence-electron chi connectivity index (χ0n) is 20.2. The van der Waals surface area contributed by atoms with E-state index in [1.165, 1.54) is 19.1 Å². The Morgan fingerprint density at radius 1 is 1.25 bits per heavy atom. The van der Waals surface area contributed by atoms with Gasteiger partial charge in [0.1, 0.15) is 6.61 Å². The third-order valence-corrected chi connectivity index (χ3v) is 10.3. The van der Waals surface area contributed by atoms with Crippen molar-refractivity contribution in [3.63, 3.8) is 0 Å². The van der Waals surface area contributed by atoms with Crippen molar-refractivity contribution in [3.05, 3.63) is 25.3 Å². The monoisotopic (exact) mass is 469 g/mol. The largest absolute Gasteiger partial charge is 0.445 e. The Balaban J connectivity index is 2.71. The molecule has 0 aromatic rings. The number of carbonyl (C=O) groups is 3. The van der Waals surface area contributed by atoms with Crippen LogP contribution in [-0.4, -0.2) is 69.4 Å². The molecule has 0 aromatic carbocycles. The van der Waals surface area contributed by atoms with Crippen molar-refractivity contribution in [2.45, 2.75) is 77.0 Å². The van der Waals surface area contributed by atoms with E-state index in [0.717, 1.165) is 0 Å². The SMILES string of the molecule is C=CCOC(=O)N1C[C@H](O[Si](C)(C)C(C)(C)C)C[C@@H]1CCNC(=O)OC(C=C)NC(C)=O. The molecule has 0 saturated carbocycles. The molecule has 9 nitrogen and oxygen atoms in total. The Morgan fingerprint density at radius 2 is 1.91 bits per heavy atom. The molecular formula is C22H39N3O6Si. The lowest BCUT2D eigenvalue weighted by Crippen LogP contribution is -2.45. The number of amides is 3. The lowest BCUT2D eigenvalue weighted by molar-refractivity contribution is -0.121. The standard InChI is InChI=1S/C22H39N3O6Si/c1-9-13-29-21(28)25-15-18(31-32(7,8)22(4,5)6)14-17(25)11-12-23-20(27)30-19(10-2)24-16(3)26/h9-10,17-19H,1-2,11-15H2,3-8H3,(H,23,27)(H,24,26)/t17-,18+,19?/m0/s1. The molecule has 0 spiro atoms. The van der Waals surface area contributed by atoms with Crippen LogP contribution in [0.5, 0.6) is 0 Å². The van der Waals surface area contributed by atoms with E-state index in [9.17, 15) is 14.4 Å². The summed E-state index contributed by atoms with van der Waals surface area (Å²) in [6.07, 6.45) is 1.91. The van der Waals surface area contributed by atoms with E-state index in [1.807, 2.05) is 0 Å². The van der Waals surface area contributed by atoms with E-state index in [1.54, 1.807) is 4.90 Å². The van der Waals surface area contributed by atoms with Gasteiger partial charge in [-0.3, -0.25) is 4.79 Å². The lowest BCUT2D eigenvalue weighted by atomic mass is 10.1. The minimum absolute atomic E-state index is 0.0557. The summed E-state index contributed by atoms with van der Waals surface area (Å²) in [5.74, 6) is -0.338. The topological polar surface area (TPSA) is 106 Å². The highest BCUT2D eigenvalue weighted by Gasteiger charge is 2.43. The van der Waals surface area contributed by atoms with E-state index < -0.39 is 26.7 Å². The summed E-state index contributed by atoms with van der Waals surface area (Å²) >= 11 is 0. The maximum absolute atomic E-state index is 12.6. The van der Waals surface area contributed by atoms with Crippen molar-refractivity contribution in [1.82, 2.24) is 15.5 Å². The van der Waals surface area contributed by atoms with Gasteiger partial charge in [0.2, 0.25) is 5.91 Å². The van der Waals surface area contributed by atoms with E-state index >= 15 is 0 Å². The summed E-state index contributed by atoms with van der Waals surface area (Å²) in [6.45, 7) is 20.2. The quantitative estimate of drug-likeness (QED) is 0.288. The van der Waals surface area contributed by atoms with Crippen LogP contribution in [0.4, 0.5) is 9.59 Å². The maximum Gasteiger partial charge on any atom is 0.410 e. The highest BCUT2D eigenvalue weighted by atomic mass is 28.4. The van der Waals surface area contributed by atoms with Crippen molar-refractivity contribution in [2.24, 2.45) is 0 Å². The van der Waals surface area contributed by atoms with E-state index in [4.69, 9.17) is 13.9 Å². The minimum Gasteiger partial charge on any atom is -0.445 e. The molecule has 1 rings (SSSR count). The average Bonchev–Trinajstić information content (AvgIpc) is 3.06. The van der Waals surface area contributed by atoms with Crippen LogP contribution in [-0.2, 0) is 18.7 Å². The summed E-state index contributed by atoms with van der Waals surface area (Å²) in [6, 6.07) is -0.145. The molecule has 0 bridgehead atoms. The van der Waals surface area contributed by atoms with Crippen LogP contribution in [0.2, 0.25) is 18.1 Å². The predicted molar refractivity (Wildman–Crippen MR) is 126 cm³/mol. The summed E-state index contributed by atoms with van der Waals surface area (Å²) in [5.41, 5.74) is 0. The first-order valence-corrected chi connectivity index (χ1v) is 13.8. The van der Waals surface area contributed by atoms with Crippen molar-refractivity contribution < 1.29 is 28.3 Å². The molecule has 32 heavy (non-hydrogen) atoms. The molecule has 10 heteroatoms. The van der Waals surface area contributed by atoms with Gasteiger partial charge in [-0.1, -0.05) is 40.0 Å². The van der Waals surface area contributed by atoms with Crippen LogP contribution in [0.25, 0.3) is 0 Å². The summed E-state index contributed by atoms with van der Waals surface area (Å²) in [5, 5.41) is 5.15. The Hall–Kier alpha value is -2.33. The molecule has 182 valence electrons. The number of carbonyl (C=O) groups excluding carboxylic acids is 3. The predicted octanol–water partition coefficient (Wildman–Crippen LogP) is 3.54. The fourth-order valence-electron chi connectivity index (χ4n) is 3.10. The van der Waals surface area contributed by atoms with Crippen LogP contribution in [0.3, 0.4) is 0 Å².